The van der Waals surface area contributed by atoms with E-state index in [0.29, 0.717) is 47.7 Å². The second kappa shape index (κ2) is 6.55. The second-order valence-electron chi connectivity index (χ2n) is 5.98. The van der Waals surface area contributed by atoms with Gasteiger partial charge in [-0.15, -0.1) is 0 Å². The van der Waals surface area contributed by atoms with Crippen molar-refractivity contribution in [2.24, 2.45) is 0 Å². The fourth-order valence-electron chi connectivity index (χ4n) is 2.90. The van der Waals surface area contributed by atoms with Crippen molar-refractivity contribution in [2.75, 3.05) is 13.1 Å². The maximum absolute atomic E-state index is 13.3. The molecule has 0 spiro atoms. The molecule has 0 fully saturated rings. The number of benzene rings is 1. The van der Waals surface area contributed by atoms with Gasteiger partial charge in [-0.2, -0.15) is 5.10 Å². The van der Waals surface area contributed by atoms with Crippen LogP contribution < -0.4 is 0 Å². The van der Waals surface area contributed by atoms with E-state index in [0.717, 1.165) is 5.39 Å². The molecule has 0 unspecified atom stereocenters. The Balaban J connectivity index is 1.49. The SMILES string of the molecule is CCN(CCc1nc2ccc(F)cc2[nH]1)C(=O)c1ccc2cn[nH]c2n1. The average molecular weight is 352 g/mol. The number of nitrogens with zero attached hydrogens (tertiary/aromatic N) is 4. The van der Waals surface area contributed by atoms with Crippen LogP contribution in [0.15, 0.2) is 36.5 Å². The summed E-state index contributed by atoms with van der Waals surface area (Å²) < 4.78 is 13.3. The number of imidazole rings is 1. The van der Waals surface area contributed by atoms with Gasteiger partial charge in [0.05, 0.1) is 17.2 Å². The van der Waals surface area contributed by atoms with Crippen molar-refractivity contribution in [2.45, 2.75) is 13.3 Å². The van der Waals surface area contributed by atoms with Crippen molar-refractivity contribution in [1.82, 2.24) is 30.0 Å². The molecule has 26 heavy (non-hydrogen) atoms. The van der Waals surface area contributed by atoms with Gasteiger partial charge >= 0.3 is 0 Å². The first-order valence-corrected chi connectivity index (χ1v) is 8.37. The first kappa shape index (κ1) is 16.2. The van der Waals surface area contributed by atoms with Gasteiger partial charge < -0.3 is 9.88 Å². The number of fused-ring (bicyclic) bond motifs is 2. The van der Waals surface area contributed by atoms with Gasteiger partial charge in [0.25, 0.3) is 5.91 Å². The highest BCUT2D eigenvalue weighted by atomic mass is 19.1. The molecular formula is C18H17FN6O. The second-order valence-corrected chi connectivity index (χ2v) is 5.98. The Labute approximate surface area is 148 Å². The number of nitrogens with one attached hydrogen (secondary N) is 2. The van der Waals surface area contributed by atoms with E-state index in [-0.39, 0.29) is 11.7 Å². The molecule has 4 rings (SSSR count). The molecule has 3 aromatic heterocycles. The summed E-state index contributed by atoms with van der Waals surface area (Å²) in [6.07, 6.45) is 2.21. The van der Waals surface area contributed by atoms with Crippen LogP contribution in [0.2, 0.25) is 0 Å². The predicted octanol–water partition coefficient (Wildman–Crippen LogP) is 2.68. The number of rotatable bonds is 5. The fraction of sp³-hybridized carbons (Fsp3) is 0.222. The lowest BCUT2D eigenvalue weighted by Crippen LogP contribution is -2.33. The van der Waals surface area contributed by atoms with Crippen LogP contribution in [0.25, 0.3) is 22.1 Å². The van der Waals surface area contributed by atoms with E-state index in [2.05, 4.69) is 25.1 Å². The molecule has 1 amide bonds. The summed E-state index contributed by atoms with van der Waals surface area (Å²) in [6.45, 7) is 2.96. The Morgan fingerprint density at radius 3 is 2.96 bits per heavy atom. The molecule has 0 aliphatic heterocycles. The number of halogens is 1. The number of carbonyl (C=O) groups excluding carboxylic acids is 1. The third kappa shape index (κ3) is 3.01. The number of pyridine rings is 1. The number of H-pyrrole nitrogens is 2. The highest BCUT2D eigenvalue weighted by molar-refractivity contribution is 5.94. The minimum Gasteiger partial charge on any atom is -0.342 e. The van der Waals surface area contributed by atoms with Gasteiger partial charge in [-0.05, 0) is 37.3 Å². The van der Waals surface area contributed by atoms with Gasteiger partial charge in [0.1, 0.15) is 17.3 Å². The van der Waals surface area contributed by atoms with Gasteiger partial charge in [-0.1, -0.05) is 0 Å². The maximum atomic E-state index is 13.3. The minimum absolute atomic E-state index is 0.147. The predicted molar refractivity (Wildman–Crippen MR) is 95.2 cm³/mol. The van der Waals surface area contributed by atoms with E-state index in [4.69, 9.17) is 0 Å². The number of carbonyl (C=O) groups is 1. The highest BCUT2D eigenvalue weighted by Gasteiger charge is 2.17. The summed E-state index contributed by atoms with van der Waals surface area (Å²) in [4.78, 5) is 26.3. The molecule has 7 nitrogen and oxygen atoms in total. The molecule has 0 bridgehead atoms. The van der Waals surface area contributed by atoms with Gasteiger partial charge in [0, 0.05) is 24.9 Å². The molecule has 132 valence electrons. The Kier molecular flexibility index (Phi) is 4.08. The topological polar surface area (TPSA) is 90.6 Å². The molecule has 0 aliphatic rings. The molecular weight excluding hydrogens is 335 g/mol. The van der Waals surface area contributed by atoms with Crippen LogP contribution in [-0.2, 0) is 6.42 Å². The van der Waals surface area contributed by atoms with Crippen molar-refractivity contribution in [3.05, 3.63) is 53.9 Å². The molecule has 4 aromatic rings. The van der Waals surface area contributed by atoms with Crippen LogP contribution in [0.3, 0.4) is 0 Å². The van der Waals surface area contributed by atoms with Crippen LogP contribution >= 0.6 is 0 Å². The van der Waals surface area contributed by atoms with Crippen LogP contribution in [-0.4, -0.2) is 49.0 Å². The third-order valence-corrected chi connectivity index (χ3v) is 4.30. The van der Waals surface area contributed by atoms with Crippen molar-refractivity contribution < 1.29 is 9.18 Å². The van der Waals surface area contributed by atoms with Crippen molar-refractivity contribution in [3.63, 3.8) is 0 Å². The van der Waals surface area contributed by atoms with E-state index >= 15 is 0 Å². The van der Waals surface area contributed by atoms with E-state index in [1.807, 2.05) is 13.0 Å². The molecule has 0 saturated carbocycles. The molecule has 1 aromatic carbocycles. The largest absolute Gasteiger partial charge is 0.342 e. The third-order valence-electron chi connectivity index (χ3n) is 4.30. The zero-order valence-corrected chi connectivity index (χ0v) is 14.2. The fourth-order valence-corrected chi connectivity index (χ4v) is 2.90. The lowest BCUT2D eigenvalue weighted by molar-refractivity contribution is 0.0760. The zero-order valence-electron chi connectivity index (χ0n) is 14.2. The summed E-state index contributed by atoms with van der Waals surface area (Å²) in [7, 11) is 0. The minimum atomic E-state index is -0.307. The standard InChI is InChI=1S/C18H17FN6O/c1-2-25(18(26)14-5-3-11-10-20-24-17(11)23-14)8-7-16-21-13-6-4-12(19)9-15(13)22-16/h3-6,9-10H,2,7-8H2,1H3,(H,21,22)(H,20,23,24). The molecule has 0 radical (unpaired) electrons. The van der Waals surface area contributed by atoms with Gasteiger partial charge in [0.15, 0.2) is 5.65 Å². The van der Waals surface area contributed by atoms with Crippen molar-refractivity contribution in [1.29, 1.82) is 0 Å². The van der Waals surface area contributed by atoms with Gasteiger partial charge in [-0.25, -0.2) is 14.4 Å². The van der Waals surface area contributed by atoms with E-state index in [1.54, 1.807) is 23.2 Å². The van der Waals surface area contributed by atoms with Crippen LogP contribution in [0.1, 0.15) is 23.2 Å². The highest BCUT2D eigenvalue weighted by Crippen LogP contribution is 2.14. The molecule has 3 heterocycles. The monoisotopic (exact) mass is 352 g/mol. The Bertz CT molecular complexity index is 1090. The van der Waals surface area contributed by atoms with Crippen LogP contribution in [0, 0.1) is 5.82 Å². The summed E-state index contributed by atoms with van der Waals surface area (Å²) in [6, 6.07) is 7.95. The zero-order chi connectivity index (χ0) is 18.1. The molecule has 0 aliphatic carbocycles. The molecule has 2 N–H and O–H groups in total. The number of likely N-dealkylation sites (N-methyl/N-ethyl adjacent to an activating group) is 1. The molecule has 0 saturated heterocycles. The Morgan fingerprint density at radius 2 is 2.12 bits per heavy atom. The van der Waals surface area contributed by atoms with E-state index in [9.17, 15) is 9.18 Å². The number of aromatic amines is 2. The van der Waals surface area contributed by atoms with Crippen molar-refractivity contribution >= 4 is 28.0 Å². The normalized spacial score (nSPS) is 11.3. The first-order chi connectivity index (χ1) is 12.6. The van der Waals surface area contributed by atoms with E-state index in [1.165, 1.54) is 12.1 Å². The van der Waals surface area contributed by atoms with Gasteiger partial charge in [0.2, 0.25) is 0 Å². The van der Waals surface area contributed by atoms with Crippen LogP contribution in [0.4, 0.5) is 4.39 Å². The smallest absolute Gasteiger partial charge is 0.272 e. The first-order valence-electron chi connectivity index (χ1n) is 8.37. The summed E-state index contributed by atoms with van der Waals surface area (Å²) in [5, 5.41) is 7.55. The van der Waals surface area contributed by atoms with Crippen LogP contribution in [0.5, 0.6) is 0 Å². The lowest BCUT2D eigenvalue weighted by Gasteiger charge is -2.19. The quantitative estimate of drug-likeness (QED) is 0.578. The van der Waals surface area contributed by atoms with Gasteiger partial charge in [-0.3, -0.25) is 9.89 Å². The van der Waals surface area contributed by atoms with E-state index < -0.39 is 0 Å². The summed E-state index contributed by atoms with van der Waals surface area (Å²) in [5.41, 5.74) is 2.32. The summed E-state index contributed by atoms with van der Waals surface area (Å²) >= 11 is 0. The Morgan fingerprint density at radius 1 is 1.23 bits per heavy atom. The summed E-state index contributed by atoms with van der Waals surface area (Å²) in [5.74, 6) is 0.262. The number of hydrogen-bond acceptors (Lipinski definition) is 4. The molecule has 0 atom stereocenters. The average Bonchev–Trinajstić information content (AvgIpc) is 3.27. The van der Waals surface area contributed by atoms with Crippen molar-refractivity contribution in [3.8, 4) is 0 Å². The lowest BCUT2D eigenvalue weighted by atomic mass is 10.2. The maximum Gasteiger partial charge on any atom is 0.272 e. The number of hydrogen-bond donors (Lipinski definition) is 2. The molecule has 8 heteroatoms. The number of aromatic nitrogens is 5. The number of amides is 1. The Hall–Kier alpha value is -3.29.